The Morgan fingerprint density at radius 1 is 1.35 bits per heavy atom. The van der Waals surface area contributed by atoms with Gasteiger partial charge >= 0.3 is 6.03 Å². The van der Waals surface area contributed by atoms with Crippen molar-refractivity contribution in [2.45, 2.75) is 64.1 Å². The lowest BCUT2D eigenvalue weighted by molar-refractivity contribution is 0.166. The molecule has 2 amide bonds. The van der Waals surface area contributed by atoms with Gasteiger partial charge in [-0.3, -0.25) is 0 Å². The SMILES string of the molecule is CCN1CCC2CCC(C1)N2C(=O)NC(C)CCCO. The lowest BCUT2D eigenvalue weighted by Gasteiger charge is -2.30. The number of hydrogen-bond acceptors (Lipinski definition) is 3. The Bertz CT molecular complexity index is 324. The molecule has 2 aliphatic heterocycles. The summed E-state index contributed by atoms with van der Waals surface area (Å²) in [4.78, 5) is 17.1. The summed E-state index contributed by atoms with van der Waals surface area (Å²) in [6, 6.07) is 1.04. The third-order valence-electron chi connectivity index (χ3n) is 4.71. The standard InChI is InChI=1S/C15H29N3O2/c1-3-17-9-8-13-6-7-14(11-17)18(13)15(20)16-12(2)5-4-10-19/h12-14,19H,3-11H2,1-2H3,(H,16,20). The van der Waals surface area contributed by atoms with Gasteiger partial charge in [-0.1, -0.05) is 6.92 Å². The molecule has 0 spiro atoms. The second-order valence-electron chi connectivity index (χ2n) is 6.19. The van der Waals surface area contributed by atoms with Gasteiger partial charge in [0.1, 0.15) is 0 Å². The molecular formula is C15H29N3O2. The highest BCUT2D eigenvalue weighted by atomic mass is 16.3. The van der Waals surface area contributed by atoms with Gasteiger partial charge in [0, 0.05) is 37.8 Å². The van der Waals surface area contributed by atoms with Crippen LogP contribution < -0.4 is 5.32 Å². The van der Waals surface area contributed by atoms with E-state index in [4.69, 9.17) is 5.11 Å². The Morgan fingerprint density at radius 3 is 2.80 bits per heavy atom. The number of likely N-dealkylation sites (N-methyl/N-ethyl adjacent to an activating group) is 1. The van der Waals surface area contributed by atoms with Crippen molar-refractivity contribution in [1.29, 1.82) is 0 Å². The number of aliphatic hydroxyl groups excluding tert-OH is 1. The van der Waals surface area contributed by atoms with E-state index in [1.54, 1.807) is 0 Å². The number of urea groups is 1. The van der Waals surface area contributed by atoms with E-state index in [1.165, 1.54) is 0 Å². The van der Waals surface area contributed by atoms with Crippen LogP contribution in [0.1, 0.15) is 46.0 Å². The number of carbonyl (C=O) groups excluding carboxylic acids is 1. The Kier molecular flexibility index (Phi) is 5.66. The molecule has 0 radical (unpaired) electrons. The summed E-state index contributed by atoms with van der Waals surface area (Å²) in [5.41, 5.74) is 0. The predicted octanol–water partition coefficient (Wildman–Crippen LogP) is 1.42. The summed E-state index contributed by atoms with van der Waals surface area (Å²) in [6.45, 7) is 7.62. The number of carbonyl (C=O) groups is 1. The maximum atomic E-state index is 12.5. The van der Waals surface area contributed by atoms with Gasteiger partial charge in [0.25, 0.3) is 0 Å². The average Bonchev–Trinajstić information content (AvgIpc) is 2.71. The number of nitrogens with zero attached hydrogens (tertiary/aromatic N) is 2. The molecule has 0 aliphatic carbocycles. The van der Waals surface area contributed by atoms with Crippen LogP contribution in [0, 0.1) is 0 Å². The maximum Gasteiger partial charge on any atom is 0.318 e. The second-order valence-corrected chi connectivity index (χ2v) is 6.19. The molecule has 2 N–H and O–H groups in total. The molecule has 20 heavy (non-hydrogen) atoms. The lowest BCUT2D eigenvalue weighted by atomic mass is 10.1. The zero-order valence-corrected chi connectivity index (χ0v) is 12.8. The molecule has 2 aliphatic rings. The number of likely N-dealkylation sites (tertiary alicyclic amines) is 1. The topological polar surface area (TPSA) is 55.8 Å². The maximum absolute atomic E-state index is 12.5. The van der Waals surface area contributed by atoms with E-state index in [-0.39, 0.29) is 18.7 Å². The van der Waals surface area contributed by atoms with Gasteiger partial charge in [0.2, 0.25) is 0 Å². The van der Waals surface area contributed by atoms with Crippen LogP contribution >= 0.6 is 0 Å². The monoisotopic (exact) mass is 283 g/mol. The number of hydrogen-bond donors (Lipinski definition) is 2. The Morgan fingerprint density at radius 2 is 2.10 bits per heavy atom. The fraction of sp³-hybridized carbons (Fsp3) is 0.933. The van der Waals surface area contributed by atoms with E-state index in [0.717, 1.165) is 51.7 Å². The summed E-state index contributed by atoms with van der Waals surface area (Å²) in [6.07, 6.45) is 4.98. The summed E-state index contributed by atoms with van der Waals surface area (Å²) in [5, 5.41) is 12.0. The Hall–Kier alpha value is -0.810. The third-order valence-corrected chi connectivity index (χ3v) is 4.71. The fourth-order valence-corrected chi connectivity index (χ4v) is 3.52. The number of rotatable bonds is 5. The Labute approximate surface area is 122 Å². The summed E-state index contributed by atoms with van der Waals surface area (Å²) < 4.78 is 0. The van der Waals surface area contributed by atoms with Crippen molar-refractivity contribution in [3.8, 4) is 0 Å². The van der Waals surface area contributed by atoms with Gasteiger partial charge < -0.3 is 20.2 Å². The molecule has 2 fully saturated rings. The van der Waals surface area contributed by atoms with Crippen molar-refractivity contribution in [2.24, 2.45) is 0 Å². The van der Waals surface area contributed by atoms with Crippen LogP contribution in [0.15, 0.2) is 0 Å². The molecule has 2 heterocycles. The van der Waals surface area contributed by atoms with Crippen molar-refractivity contribution >= 4 is 6.03 Å². The molecule has 2 rings (SSSR count). The van der Waals surface area contributed by atoms with Crippen molar-refractivity contribution in [2.75, 3.05) is 26.2 Å². The van der Waals surface area contributed by atoms with Gasteiger partial charge in [0.05, 0.1) is 0 Å². The zero-order valence-electron chi connectivity index (χ0n) is 12.8. The Balaban J connectivity index is 1.92. The molecular weight excluding hydrogens is 254 g/mol. The molecule has 3 atom stereocenters. The highest BCUT2D eigenvalue weighted by Gasteiger charge is 2.39. The summed E-state index contributed by atoms with van der Waals surface area (Å²) in [7, 11) is 0. The number of aliphatic hydroxyl groups is 1. The van der Waals surface area contributed by atoms with Crippen LogP contribution in [0.4, 0.5) is 4.79 Å². The van der Waals surface area contributed by atoms with Crippen LogP contribution in [0.3, 0.4) is 0 Å². The molecule has 116 valence electrons. The van der Waals surface area contributed by atoms with Crippen molar-refractivity contribution in [3.05, 3.63) is 0 Å². The molecule has 5 heteroatoms. The predicted molar refractivity (Wildman–Crippen MR) is 79.7 cm³/mol. The van der Waals surface area contributed by atoms with Crippen LogP contribution in [-0.4, -0.2) is 65.3 Å². The lowest BCUT2D eigenvalue weighted by Crippen LogP contribution is -2.50. The minimum atomic E-state index is 0.0980. The van der Waals surface area contributed by atoms with Gasteiger partial charge in [-0.15, -0.1) is 0 Å². The first kappa shape index (κ1) is 15.6. The first-order valence-corrected chi connectivity index (χ1v) is 8.07. The zero-order chi connectivity index (χ0) is 14.5. The molecule has 0 aromatic rings. The molecule has 0 aromatic heterocycles. The fourth-order valence-electron chi connectivity index (χ4n) is 3.52. The molecule has 3 unspecified atom stereocenters. The smallest absolute Gasteiger partial charge is 0.318 e. The van der Waals surface area contributed by atoms with Gasteiger partial charge in [0.15, 0.2) is 0 Å². The van der Waals surface area contributed by atoms with Crippen LogP contribution in [-0.2, 0) is 0 Å². The highest BCUT2D eigenvalue weighted by Crippen LogP contribution is 2.30. The second kappa shape index (κ2) is 7.27. The summed E-state index contributed by atoms with van der Waals surface area (Å²) in [5.74, 6) is 0. The van der Waals surface area contributed by atoms with Crippen LogP contribution in [0.25, 0.3) is 0 Å². The number of fused-ring (bicyclic) bond motifs is 2. The first-order chi connectivity index (χ1) is 9.65. The van der Waals surface area contributed by atoms with Crippen molar-refractivity contribution in [1.82, 2.24) is 15.1 Å². The van der Waals surface area contributed by atoms with E-state index in [9.17, 15) is 4.79 Å². The van der Waals surface area contributed by atoms with Gasteiger partial charge in [-0.05, 0) is 45.6 Å². The van der Waals surface area contributed by atoms with Gasteiger partial charge in [-0.2, -0.15) is 0 Å². The minimum Gasteiger partial charge on any atom is -0.396 e. The molecule has 5 nitrogen and oxygen atoms in total. The quantitative estimate of drug-likeness (QED) is 0.802. The number of nitrogens with one attached hydrogen (secondary N) is 1. The number of amides is 2. The minimum absolute atomic E-state index is 0.0980. The van der Waals surface area contributed by atoms with Crippen LogP contribution in [0.2, 0.25) is 0 Å². The van der Waals surface area contributed by atoms with Gasteiger partial charge in [-0.25, -0.2) is 4.79 Å². The molecule has 2 bridgehead atoms. The van der Waals surface area contributed by atoms with E-state index in [2.05, 4.69) is 22.0 Å². The molecule has 0 aromatic carbocycles. The third kappa shape index (κ3) is 3.64. The normalized spacial score (nSPS) is 28.2. The molecule has 2 saturated heterocycles. The van der Waals surface area contributed by atoms with Crippen molar-refractivity contribution in [3.63, 3.8) is 0 Å². The van der Waals surface area contributed by atoms with E-state index in [1.807, 2.05) is 6.92 Å². The van der Waals surface area contributed by atoms with E-state index < -0.39 is 0 Å². The summed E-state index contributed by atoms with van der Waals surface area (Å²) >= 11 is 0. The van der Waals surface area contributed by atoms with Crippen molar-refractivity contribution < 1.29 is 9.90 Å². The molecule has 0 saturated carbocycles. The van der Waals surface area contributed by atoms with Crippen LogP contribution in [0.5, 0.6) is 0 Å². The van der Waals surface area contributed by atoms with E-state index >= 15 is 0 Å². The largest absolute Gasteiger partial charge is 0.396 e. The van der Waals surface area contributed by atoms with E-state index in [0.29, 0.717) is 12.1 Å². The highest BCUT2D eigenvalue weighted by molar-refractivity contribution is 5.75. The average molecular weight is 283 g/mol. The first-order valence-electron chi connectivity index (χ1n) is 8.07.